The van der Waals surface area contributed by atoms with Gasteiger partial charge in [-0.1, -0.05) is 44.2 Å². The summed E-state index contributed by atoms with van der Waals surface area (Å²) in [5, 5.41) is 3.07. The molecule has 2 aromatic rings. The number of rotatable bonds is 10. The standard InChI is InChI=1S/C24H34N2O4S/c1-18(17-24(2,3)20-10-8-7-9-11-20)25-23(27)15-12-19-16-21(13-14-22(19)30-6)31(28,29)26(4)5/h7-11,13-14,16,18H,12,15,17H2,1-6H3,(H,25,27)/t18-/m1/s1. The lowest BCUT2D eigenvalue weighted by molar-refractivity contribution is -0.121. The topological polar surface area (TPSA) is 75.7 Å². The Morgan fingerprint density at radius 1 is 1.13 bits per heavy atom. The van der Waals surface area contributed by atoms with Crippen molar-refractivity contribution in [1.82, 2.24) is 9.62 Å². The van der Waals surface area contributed by atoms with Gasteiger partial charge in [0.2, 0.25) is 15.9 Å². The first-order valence-electron chi connectivity index (χ1n) is 10.4. The highest BCUT2D eigenvalue weighted by Gasteiger charge is 2.24. The molecule has 0 radical (unpaired) electrons. The summed E-state index contributed by atoms with van der Waals surface area (Å²) in [6.45, 7) is 6.35. The van der Waals surface area contributed by atoms with Crippen LogP contribution in [0.2, 0.25) is 0 Å². The molecule has 2 rings (SSSR count). The highest BCUT2D eigenvalue weighted by atomic mass is 32.2. The second kappa shape index (κ2) is 10.3. The van der Waals surface area contributed by atoms with Crippen molar-refractivity contribution in [1.29, 1.82) is 0 Å². The van der Waals surface area contributed by atoms with Crippen LogP contribution in [0.3, 0.4) is 0 Å². The van der Waals surface area contributed by atoms with E-state index in [0.717, 1.165) is 6.42 Å². The molecule has 1 N–H and O–H groups in total. The molecule has 0 aromatic heterocycles. The van der Waals surface area contributed by atoms with Gasteiger partial charge >= 0.3 is 0 Å². The average Bonchev–Trinajstić information content (AvgIpc) is 2.72. The highest BCUT2D eigenvalue weighted by Crippen LogP contribution is 2.28. The van der Waals surface area contributed by atoms with Crippen LogP contribution in [0.25, 0.3) is 0 Å². The van der Waals surface area contributed by atoms with E-state index in [-0.39, 0.29) is 28.7 Å². The zero-order chi connectivity index (χ0) is 23.2. The summed E-state index contributed by atoms with van der Waals surface area (Å²) in [5.74, 6) is 0.503. The highest BCUT2D eigenvalue weighted by molar-refractivity contribution is 7.89. The molecule has 0 saturated carbocycles. The van der Waals surface area contributed by atoms with E-state index in [9.17, 15) is 13.2 Å². The molecule has 6 nitrogen and oxygen atoms in total. The Morgan fingerprint density at radius 2 is 1.77 bits per heavy atom. The van der Waals surface area contributed by atoms with Crippen molar-refractivity contribution in [2.45, 2.75) is 56.4 Å². The monoisotopic (exact) mass is 446 g/mol. The first kappa shape index (κ1) is 24.9. The molecule has 0 spiro atoms. The third-order valence-electron chi connectivity index (χ3n) is 5.43. The van der Waals surface area contributed by atoms with Gasteiger partial charge in [0.05, 0.1) is 12.0 Å². The zero-order valence-electron chi connectivity index (χ0n) is 19.3. The minimum Gasteiger partial charge on any atom is -0.496 e. The molecular weight excluding hydrogens is 412 g/mol. The van der Waals surface area contributed by atoms with Crippen LogP contribution in [0.15, 0.2) is 53.4 Å². The van der Waals surface area contributed by atoms with E-state index in [2.05, 4.69) is 31.3 Å². The van der Waals surface area contributed by atoms with E-state index in [1.807, 2.05) is 25.1 Å². The van der Waals surface area contributed by atoms with E-state index in [0.29, 0.717) is 17.7 Å². The number of methoxy groups -OCH3 is 1. The second-order valence-electron chi connectivity index (χ2n) is 8.68. The Kier molecular flexibility index (Phi) is 8.26. The van der Waals surface area contributed by atoms with Crippen molar-refractivity contribution in [2.75, 3.05) is 21.2 Å². The summed E-state index contributed by atoms with van der Waals surface area (Å²) in [7, 11) is 0.965. The number of sulfonamides is 1. The maximum Gasteiger partial charge on any atom is 0.242 e. The molecule has 0 bridgehead atoms. The zero-order valence-corrected chi connectivity index (χ0v) is 20.1. The van der Waals surface area contributed by atoms with Crippen molar-refractivity contribution in [3.63, 3.8) is 0 Å². The fourth-order valence-electron chi connectivity index (χ4n) is 3.74. The van der Waals surface area contributed by atoms with Crippen LogP contribution in [0.1, 0.15) is 44.7 Å². The molecular formula is C24H34N2O4S. The predicted molar refractivity (Wildman–Crippen MR) is 124 cm³/mol. The van der Waals surface area contributed by atoms with E-state index in [1.165, 1.54) is 37.1 Å². The van der Waals surface area contributed by atoms with Gasteiger partial charge in [-0.2, -0.15) is 0 Å². The van der Waals surface area contributed by atoms with Crippen LogP contribution in [-0.4, -0.2) is 45.9 Å². The number of nitrogens with one attached hydrogen (secondary N) is 1. The largest absolute Gasteiger partial charge is 0.496 e. The van der Waals surface area contributed by atoms with E-state index >= 15 is 0 Å². The molecule has 0 aliphatic carbocycles. The van der Waals surface area contributed by atoms with Gasteiger partial charge in [0.1, 0.15) is 5.75 Å². The molecule has 1 amide bonds. The number of amides is 1. The Bertz CT molecular complexity index is 986. The molecule has 0 aliphatic rings. The summed E-state index contributed by atoms with van der Waals surface area (Å²) in [5.41, 5.74) is 1.86. The third-order valence-corrected chi connectivity index (χ3v) is 7.24. The van der Waals surface area contributed by atoms with Gasteiger partial charge in [-0.25, -0.2) is 12.7 Å². The number of hydrogen-bond donors (Lipinski definition) is 1. The minimum atomic E-state index is -3.55. The molecule has 0 heterocycles. The van der Waals surface area contributed by atoms with Crippen LogP contribution in [0.4, 0.5) is 0 Å². The summed E-state index contributed by atoms with van der Waals surface area (Å²) >= 11 is 0. The fraction of sp³-hybridized carbons (Fsp3) is 0.458. The van der Waals surface area contributed by atoms with Crippen LogP contribution in [0, 0.1) is 0 Å². The number of ether oxygens (including phenoxy) is 1. The SMILES string of the molecule is COc1ccc(S(=O)(=O)N(C)C)cc1CCC(=O)N[C@H](C)CC(C)(C)c1ccccc1. The van der Waals surface area contributed by atoms with Crippen molar-refractivity contribution in [3.8, 4) is 5.75 Å². The summed E-state index contributed by atoms with van der Waals surface area (Å²) in [4.78, 5) is 12.7. The lowest BCUT2D eigenvalue weighted by atomic mass is 9.79. The quantitative estimate of drug-likeness (QED) is 0.603. The Hall–Kier alpha value is -2.38. The smallest absolute Gasteiger partial charge is 0.242 e. The van der Waals surface area contributed by atoms with Gasteiger partial charge in [-0.05, 0) is 54.5 Å². The minimum absolute atomic E-state index is 0.00468. The molecule has 7 heteroatoms. The Morgan fingerprint density at radius 3 is 2.35 bits per heavy atom. The third kappa shape index (κ3) is 6.55. The summed E-state index contributed by atoms with van der Waals surface area (Å²) in [6.07, 6.45) is 1.45. The number of nitrogens with zero attached hydrogens (tertiary/aromatic N) is 1. The van der Waals surface area contributed by atoms with Crippen molar-refractivity contribution < 1.29 is 17.9 Å². The fourth-order valence-corrected chi connectivity index (χ4v) is 4.69. The number of hydrogen-bond acceptors (Lipinski definition) is 4. The first-order chi connectivity index (χ1) is 14.5. The van der Waals surface area contributed by atoms with Crippen molar-refractivity contribution in [3.05, 3.63) is 59.7 Å². The summed E-state index contributed by atoms with van der Waals surface area (Å²) in [6, 6.07) is 15.0. The predicted octanol–water partition coefficient (Wildman–Crippen LogP) is 3.75. The second-order valence-corrected chi connectivity index (χ2v) is 10.8. The Labute approximate surface area is 186 Å². The number of benzene rings is 2. The number of carbonyl (C=O) groups is 1. The van der Waals surface area contributed by atoms with Crippen LogP contribution >= 0.6 is 0 Å². The lowest BCUT2D eigenvalue weighted by Crippen LogP contribution is -2.37. The van der Waals surface area contributed by atoms with Crippen LogP contribution in [0.5, 0.6) is 5.75 Å². The first-order valence-corrected chi connectivity index (χ1v) is 11.9. The van der Waals surface area contributed by atoms with Crippen LogP contribution in [-0.2, 0) is 26.7 Å². The molecule has 0 unspecified atom stereocenters. The maximum atomic E-state index is 12.6. The molecule has 2 aromatic carbocycles. The lowest BCUT2D eigenvalue weighted by Gasteiger charge is -2.29. The van der Waals surface area contributed by atoms with Gasteiger partial charge in [-0.3, -0.25) is 4.79 Å². The Balaban J connectivity index is 2.02. The van der Waals surface area contributed by atoms with E-state index in [1.54, 1.807) is 12.1 Å². The molecule has 1 atom stereocenters. The molecule has 31 heavy (non-hydrogen) atoms. The van der Waals surface area contributed by atoms with Gasteiger partial charge in [0.15, 0.2) is 0 Å². The average molecular weight is 447 g/mol. The van der Waals surface area contributed by atoms with E-state index < -0.39 is 10.0 Å². The number of aryl methyl sites for hydroxylation is 1. The number of carbonyl (C=O) groups excluding carboxylic acids is 1. The molecule has 0 fully saturated rings. The van der Waals surface area contributed by atoms with Crippen LogP contribution < -0.4 is 10.1 Å². The van der Waals surface area contributed by atoms with Gasteiger partial charge in [0.25, 0.3) is 0 Å². The molecule has 0 saturated heterocycles. The molecule has 170 valence electrons. The van der Waals surface area contributed by atoms with Gasteiger partial charge in [0, 0.05) is 26.6 Å². The summed E-state index contributed by atoms with van der Waals surface area (Å²) < 4.78 is 31.4. The molecule has 0 aliphatic heterocycles. The van der Waals surface area contributed by atoms with E-state index in [4.69, 9.17) is 4.74 Å². The normalized spacial score (nSPS) is 13.1. The van der Waals surface area contributed by atoms with Crippen molar-refractivity contribution in [2.24, 2.45) is 0 Å². The van der Waals surface area contributed by atoms with Gasteiger partial charge in [-0.15, -0.1) is 0 Å². The maximum absolute atomic E-state index is 12.6. The van der Waals surface area contributed by atoms with Crippen molar-refractivity contribution >= 4 is 15.9 Å². The van der Waals surface area contributed by atoms with Gasteiger partial charge < -0.3 is 10.1 Å².